The number of nitrogens with two attached hydrogens (primary N) is 2. The second-order valence-corrected chi connectivity index (χ2v) is 2.56. The zero-order valence-corrected chi connectivity index (χ0v) is 5.49. The van der Waals surface area contributed by atoms with Crippen LogP contribution in [0.4, 0.5) is 0 Å². The summed E-state index contributed by atoms with van der Waals surface area (Å²) in [4.78, 5) is 16.1. The van der Waals surface area contributed by atoms with Crippen molar-refractivity contribution in [3.05, 3.63) is 0 Å². The normalized spacial score (nSPS) is 15.6. The molecule has 6 nitrogen and oxygen atoms in total. The Morgan fingerprint density at radius 2 is 2.11 bits per heavy atom. The Morgan fingerprint density at radius 1 is 1.67 bits per heavy atom. The van der Waals surface area contributed by atoms with E-state index in [9.17, 15) is 4.57 Å². The Kier molecular flexibility index (Phi) is 3.27. The second-order valence-electron chi connectivity index (χ2n) is 1.37. The van der Waals surface area contributed by atoms with Crippen LogP contribution in [0.1, 0.15) is 0 Å². The number of hydrogen-bond acceptors (Lipinski definition) is 4. The van der Waals surface area contributed by atoms with Crippen molar-refractivity contribution in [1.29, 1.82) is 0 Å². The van der Waals surface area contributed by atoms with E-state index in [4.69, 9.17) is 21.3 Å². The number of phosphoric acid groups is 1. The van der Waals surface area contributed by atoms with Crippen LogP contribution in [-0.4, -0.2) is 22.6 Å². The lowest BCUT2D eigenvalue weighted by Gasteiger charge is -2.09. The van der Waals surface area contributed by atoms with Gasteiger partial charge in [-0.25, -0.2) is 4.57 Å². The van der Waals surface area contributed by atoms with Crippen LogP contribution in [0.25, 0.3) is 0 Å². The predicted molar refractivity (Wildman–Crippen MR) is 30.2 cm³/mol. The molecule has 56 valence electrons. The molecule has 0 heterocycles. The molecule has 0 rings (SSSR count). The molecule has 0 radical (unpaired) electrons. The minimum atomic E-state index is -4.44. The van der Waals surface area contributed by atoms with Gasteiger partial charge in [0.05, 0.1) is 0 Å². The van der Waals surface area contributed by atoms with Gasteiger partial charge >= 0.3 is 7.82 Å². The molecule has 0 saturated heterocycles. The van der Waals surface area contributed by atoms with Crippen LogP contribution in [0, 0.1) is 0 Å². The summed E-state index contributed by atoms with van der Waals surface area (Å²) in [6.07, 6.45) is -1.09. The van der Waals surface area contributed by atoms with Crippen LogP contribution in [0.2, 0.25) is 0 Å². The van der Waals surface area contributed by atoms with Crippen LogP contribution >= 0.6 is 7.82 Å². The van der Waals surface area contributed by atoms with Gasteiger partial charge < -0.3 is 21.3 Å². The Morgan fingerprint density at radius 3 is 2.22 bits per heavy atom. The molecule has 0 aliphatic heterocycles. The number of hydrogen-bond donors (Lipinski definition) is 4. The molecule has 0 aliphatic carbocycles. The molecule has 0 spiro atoms. The highest BCUT2D eigenvalue weighted by Gasteiger charge is 2.17. The monoisotopic (exact) mass is 156 g/mol. The lowest BCUT2D eigenvalue weighted by Crippen LogP contribution is -2.31. The maximum absolute atomic E-state index is 9.94. The smallest absolute Gasteiger partial charge is 0.327 e. The fourth-order valence-electron chi connectivity index (χ4n) is 0.219. The zero-order chi connectivity index (χ0) is 7.49. The van der Waals surface area contributed by atoms with Crippen molar-refractivity contribution in [2.45, 2.75) is 6.23 Å². The quantitative estimate of drug-likeness (QED) is 0.287. The first-order valence-electron chi connectivity index (χ1n) is 2.15. The summed E-state index contributed by atoms with van der Waals surface area (Å²) < 4.78 is 13.8. The third-order valence-corrected chi connectivity index (χ3v) is 1.05. The first-order valence-corrected chi connectivity index (χ1v) is 3.68. The largest absolute Gasteiger partial charge is 0.471 e. The van der Waals surface area contributed by atoms with E-state index in [2.05, 4.69) is 4.52 Å². The van der Waals surface area contributed by atoms with Crippen molar-refractivity contribution < 1.29 is 18.9 Å². The molecule has 0 aromatic rings. The van der Waals surface area contributed by atoms with Crippen LogP contribution in [0.3, 0.4) is 0 Å². The predicted octanol–water partition coefficient (Wildman–Crippen LogP) is -1.66. The first-order chi connectivity index (χ1) is 3.95. The van der Waals surface area contributed by atoms with Crippen LogP contribution in [-0.2, 0) is 9.09 Å². The van der Waals surface area contributed by atoms with Gasteiger partial charge in [0.15, 0.2) is 0 Å². The summed E-state index contributed by atoms with van der Waals surface area (Å²) in [5.74, 6) is 0. The van der Waals surface area contributed by atoms with Crippen molar-refractivity contribution >= 4 is 7.82 Å². The van der Waals surface area contributed by atoms with Gasteiger partial charge in [-0.15, -0.1) is 0 Å². The fourth-order valence-corrected chi connectivity index (χ4v) is 0.658. The minimum absolute atomic E-state index is 0.120. The fraction of sp³-hybridized carbons (Fsp3) is 1.00. The lowest BCUT2D eigenvalue weighted by molar-refractivity contribution is 0.142. The van der Waals surface area contributed by atoms with Crippen molar-refractivity contribution in [3.8, 4) is 0 Å². The maximum atomic E-state index is 9.94. The van der Waals surface area contributed by atoms with E-state index in [0.29, 0.717) is 0 Å². The molecule has 0 aromatic carbocycles. The molecule has 0 aliphatic rings. The van der Waals surface area contributed by atoms with Gasteiger partial charge in [0.1, 0.15) is 6.23 Å². The highest BCUT2D eigenvalue weighted by molar-refractivity contribution is 7.46. The van der Waals surface area contributed by atoms with Gasteiger partial charge in [-0.05, 0) is 0 Å². The molecular weight excluding hydrogens is 147 g/mol. The molecule has 1 unspecified atom stereocenters. The molecule has 0 saturated carbocycles. The van der Waals surface area contributed by atoms with Crippen molar-refractivity contribution in [1.82, 2.24) is 0 Å². The van der Waals surface area contributed by atoms with Gasteiger partial charge in [0, 0.05) is 6.54 Å². The van der Waals surface area contributed by atoms with Gasteiger partial charge in [-0.1, -0.05) is 0 Å². The van der Waals surface area contributed by atoms with Gasteiger partial charge in [0.25, 0.3) is 0 Å². The summed E-state index contributed by atoms with van der Waals surface area (Å²) >= 11 is 0. The Hall–Kier alpha value is 0.0300. The summed E-state index contributed by atoms with van der Waals surface area (Å²) in [5, 5.41) is 0. The van der Waals surface area contributed by atoms with Gasteiger partial charge in [0.2, 0.25) is 0 Å². The second kappa shape index (κ2) is 3.26. The van der Waals surface area contributed by atoms with E-state index in [1.54, 1.807) is 0 Å². The van der Waals surface area contributed by atoms with E-state index < -0.39 is 14.1 Å². The maximum Gasteiger partial charge on any atom is 0.471 e. The van der Waals surface area contributed by atoms with Crippen molar-refractivity contribution in [2.24, 2.45) is 11.5 Å². The number of rotatable bonds is 3. The molecule has 9 heavy (non-hydrogen) atoms. The summed E-state index contributed by atoms with van der Waals surface area (Å²) in [6, 6.07) is 0. The Bertz CT molecular complexity index is 122. The van der Waals surface area contributed by atoms with E-state index in [-0.39, 0.29) is 6.54 Å². The average molecular weight is 156 g/mol. The number of phosphoric ester groups is 1. The van der Waals surface area contributed by atoms with Crippen molar-refractivity contribution in [2.75, 3.05) is 6.54 Å². The van der Waals surface area contributed by atoms with E-state index in [1.807, 2.05) is 0 Å². The highest BCUT2D eigenvalue weighted by Crippen LogP contribution is 2.36. The van der Waals surface area contributed by atoms with Crippen LogP contribution < -0.4 is 11.5 Å². The topological polar surface area (TPSA) is 119 Å². The van der Waals surface area contributed by atoms with Crippen molar-refractivity contribution in [3.63, 3.8) is 0 Å². The van der Waals surface area contributed by atoms with Gasteiger partial charge in [-0.2, -0.15) is 0 Å². The molecule has 0 amide bonds. The third-order valence-electron chi connectivity index (χ3n) is 0.505. The first kappa shape index (κ1) is 9.03. The van der Waals surface area contributed by atoms with Crippen LogP contribution in [0.15, 0.2) is 0 Å². The third kappa shape index (κ3) is 5.91. The molecule has 0 fully saturated rings. The molecular formula is C2H9N2O4P. The lowest BCUT2D eigenvalue weighted by atomic mass is 10.6. The standard InChI is InChI=1S/C2H9N2O4P/c3-1-2(4)8-9(5,6)7/h2H,1,3-4H2,(H2,5,6,7). The molecule has 0 bridgehead atoms. The SMILES string of the molecule is NCC(N)OP(=O)(O)O. The van der Waals surface area contributed by atoms with E-state index in [1.165, 1.54) is 0 Å². The van der Waals surface area contributed by atoms with Crippen LogP contribution in [0.5, 0.6) is 0 Å². The van der Waals surface area contributed by atoms with Gasteiger partial charge in [-0.3, -0.25) is 4.52 Å². The van der Waals surface area contributed by atoms with E-state index >= 15 is 0 Å². The average Bonchev–Trinajstić information content (AvgIpc) is 1.62. The minimum Gasteiger partial charge on any atom is -0.327 e. The summed E-state index contributed by atoms with van der Waals surface area (Å²) in [7, 11) is -4.44. The highest BCUT2D eigenvalue weighted by atomic mass is 31.2. The molecule has 6 N–H and O–H groups in total. The zero-order valence-electron chi connectivity index (χ0n) is 4.60. The Labute approximate surface area is 52.0 Å². The summed E-state index contributed by atoms with van der Waals surface area (Å²) in [6.45, 7) is -0.120. The molecule has 7 heteroatoms. The Balaban J connectivity index is 3.60. The summed E-state index contributed by atoms with van der Waals surface area (Å²) in [5.41, 5.74) is 9.81. The molecule has 0 aromatic heterocycles. The van der Waals surface area contributed by atoms with E-state index in [0.717, 1.165) is 0 Å². The molecule has 1 atom stereocenters.